The summed E-state index contributed by atoms with van der Waals surface area (Å²) < 4.78 is 23.5. The zero-order valence-corrected chi connectivity index (χ0v) is 20.3. The van der Waals surface area contributed by atoms with Crippen molar-refractivity contribution < 1.29 is 18.6 Å². The lowest BCUT2D eigenvalue weighted by Gasteiger charge is -2.19. The van der Waals surface area contributed by atoms with Gasteiger partial charge in [-0.2, -0.15) is 0 Å². The van der Waals surface area contributed by atoms with Gasteiger partial charge >= 0.3 is 0 Å². The van der Waals surface area contributed by atoms with Crippen LogP contribution in [0.15, 0.2) is 57.7 Å². The standard InChI is InChI=1S/C27H22Cl2O5/c1-3-16-11-18-24(13-23(16)33-14-19-20(28)5-4-6-21(19)29)34-15(2)26(27(18)30)17-7-8-22-25(12-17)32-10-9-31-22/h4-8,11-13H,3,9-10,14H2,1-2H3. The Labute approximate surface area is 206 Å². The number of ether oxygens (including phenoxy) is 3. The van der Waals surface area contributed by atoms with E-state index in [0.29, 0.717) is 74.8 Å². The van der Waals surface area contributed by atoms with Crippen LogP contribution in [0.4, 0.5) is 0 Å². The molecule has 5 rings (SSSR count). The molecule has 0 saturated heterocycles. The van der Waals surface area contributed by atoms with Crippen LogP contribution in [0.2, 0.25) is 10.0 Å². The first-order valence-corrected chi connectivity index (χ1v) is 11.8. The molecule has 0 bridgehead atoms. The highest BCUT2D eigenvalue weighted by atomic mass is 35.5. The molecule has 0 atom stereocenters. The van der Waals surface area contributed by atoms with Crippen LogP contribution in [0.3, 0.4) is 0 Å². The molecule has 1 aromatic heterocycles. The minimum Gasteiger partial charge on any atom is -0.488 e. The molecule has 7 heteroatoms. The Balaban J connectivity index is 1.56. The minimum absolute atomic E-state index is 0.106. The maximum atomic E-state index is 13.6. The highest BCUT2D eigenvalue weighted by Crippen LogP contribution is 2.36. The first kappa shape index (κ1) is 22.6. The van der Waals surface area contributed by atoms with Crippen LogP contribution in [0.5, 0.6) is 17.2 Å². The highest BCUT2D eigenvalue weighted by molar-refractivity contribution is 6.35. The van der Waals surface area contributed by atoms with E-state index in [2.05, 4.69) is 0 Å². The molecule has 4 aromatic rings. The van der Waals surface area contributed by atoms with Crippen molar-refractivity contribution in [1.29, 1.82) is 0 Å². The van der Waals surface area contributed by atoms with Crippen LogP contribution >= 0.6 is 23.2 Å². The molecular weight excluding hydrogens is 475 g/mol. The second-order valence-corrected chi connectivity index (χ2v) is 8.83. The van der Waals surface area contributed by atoms with Gasteiger partial charge in [0.25, 0.3) is 0 Å². The quantitative estimate of drug-likeness (QED) is 0.298. The molecule has 0 radical (unpaired) electrons. The van der Waals surface area contributed by atoms with Crippen LogP contribution < -0.4 is 19.6 Å². The summed E-state index contributed by atoms with van der Waals surface area (Å²) in [4.78, 5) is 13.6. The maximum absolute atomic E-state index is 13.6. The molecule has 5 nitrogen and oxygen atoms in total. The zero-order chi connectivity index (χ0) is 23.8. The van der Waals surface area contributed by atoms with Crippen molar-refractivity contribution in [2.24, 2.45) is 0 Å². The molecule has 34 heavy (non-hydrogen) atoms. The molecule has 1 aliphatic rings. The van der Waals surface area contributed by atoms with E-state index in [1.807, 2.05) is 31.2 Å². The third kappa shape index (κ3) is 4.10. The van der Waals surface area contributed by atoms with Gasteiger partial charge in [-0.3, -0.25) is 4.79 Å². The molecule has 174 valence electrons. The molecule has 0 amide bonds. The van der Waals surface area contributed by atoms with Gasteiger partial charge in [0.15, 0.2) is 11.5 Å². The fourth-order valence-corrected chi connectivity index (χ4v) is 4.65. The number of fused-ring (bicyclic) bond motifs is 2. The van der Waals surface area contributed by atoms with E-state index in [1.165, 1.54) is 0 Å². The molecule has 2 heterocycles. The molecule has 0 fully saturated rings. The zero-order valence-electron chi connectivity index (χ0n) is 18.7. The third-order valence-corrected chi connectivity index (χ3v) is 6.60. The Kier molecular flexibility index (Phi) is 6.15. The van der Waals surface area contributed by atoms with Gasteiger partial charge in [0.1, 0.15) is 36.9 Å². The molecule has 0 spiro atoms. The van der Waals surface area contributed by atoms with E-state index in [4.69, 9.17) is 41.8 Å². The Bertz CT molecular complexity index is 1440. The largest absolute Gasteiger partial charge is 0.488 e. The molecule has 0 saturated carbocycles. The second-order valence-electron chi connectivity index (χ2n) is 8.02. The Morgan fingerprint density at radius 2 is 1.71 bits per heavy atom. The van der Waals surface area contributed by atoms with Crippen molar-refractivity contribution in [3.8, 4) is 28.4 Å². The molecule has 3 aromatic carbocycles. The van der Waals surface area contributed by atoms with Crippen molar-refractivity contribution in [3.05, 3.63) is 85.7 Å². The SMILES string of the molecule is CCc1cc2c(=O)c(-c3ccc4c(c3)OCCO4)c(C)oc2cc1OCc1c(Cl)cccc1Cl. The molecular formula is C27H22Cl2O5. The number of benzene rings is 3. The Hall–Kier alpha value is -3.15. The van der Waals surface area contributed by atoms with Gasteiger partial charge in [-0.05, 0) is 54.8 Å². The van der Waals surface area contributed by atoms with Gasteiger partial charge in [-0.1, -0.05) is 42.3 Å². The van der Waals surface area contributed by atoms with Crippen LogP contribution in [0.1, 0.15) is 23.8 Å². The Morgan fingerprint density at radius 3 is 2.44 bits per heavy atom. The number of hydrogen-bond donors (Lipinski definition) is 0. The smallest absolute Gasteiger partial charge is 0.200 e. The average molecular weight is 497 g/mol. The maximum Gasteiger partial charge on any atom is 0.200 e. The van der Waals surface area contributed by atoms with Crippen LogP contribution in [0, 0.1) is 6.92 Å². The van der Waals surface area contributed by atoms with E-state index in [0.717, 1.165) is 11.1 Å². The molecule has 0 unspecified atom stereocenters. The van der Waals surface area contributed by atoms with Crippen molar-refractivity contribution in [2.75, 3.05) is 13.2 Å². The van der Waals surface area contributed by atoms with Crippen LogP contribution in [0.25, 0.3) is 22.1 Å². The van der Waals surface area contributed by atoms with Gasteiger partial charge in [0.2, 0.25) is 5.43 Å². The summed E-state index contributed by atoms with van der Waals surface area (Å²) in [5, 5.41) is 1.58. The van der Waals surface area contributed by atoms with Crippen molar-refractivity contribution in [3.63, 3.8) is 0 Å². The van der Waals surface area contributed by atoms with E-state index < -0.39 is 0 Å². The first-order chi connectivity index (χ1) is 16.5. The lowest BCUT2D eigenvalue weighted by atomic mass is 10.00. The number of halogens is 2. The summed E-state index contributed by atoms with van der Waals surface area (Å²) in [6.07, 6.45) is 0.675. The summed E-state index contributed by atoms with van der Waals surface area (Å²) in [6, 6.07) is 14.4. The number of aryl methyl sites for hydroxylation is 2. The summed E-state index contributed by atoms with van der Waals surface area (Å²) in [5.74, 6) is 2.43. The topological polar surface area (TPSA) is 57.9 Å². The number of hydrogen-bond acceptors (Lipinski definition) is 5. The van der Waals surface area contributed by atoms with Gasteiger partial charge in [0, 0.05) is 21.7 Å². The van der Waals surface area contributed by atoms with Gasteiger partial charge < -0.3 is 18.6 Å². The minimum atomic E-state index is -0.106. The highest BCUT2D eigenvalue weighted by Gasteiger charge is 2.19. The van der Waals surface area contributed by atoms with Gasteiger partial charge in [-0.25, -0.2) is 0 Å². The Morgan fingerprint density at radius 1 is 0.971 bits per heavy atom. The molecule has 1 aliphatic heterocycles. The normalized spacial score (nSPS) is 12.7. The monoisotopic (exact) mass is 496 g/mol. The molecule has 0 aliphatic carbocycles. The predicted octanol–water partition coefficient (Wildman–Crippen LogP) is 6.99. The summed E-state index contributed by atoms with van der Waals surface area (Å²) in [6.45, 7) is 4.98. The van der Waals surface area contributed by atoms with E-state index in [9.17, 15) is 4.79 Å². The van der Waals surface area contributed by atoms with E-state index >= 15 is 0 Å². The lowest BCUT2D eigenvalue weighted by molar-refractivity contribution is 0.171. The van der Waals surface area contributed by atoms with Crippen LogP contribution in [-0.4, -0.2) is 13.2 Å². The lowest BCUT2D eigenvalue weighted by Crippen LogP contribution is -2.15. The fourth-order valence-electron chi connectivity index (χ4n) is 4.14. The summed E-state index contributed by atoms with van der Waals surface area (Å²) in [7, 11) is 0. The first-order valence-electron chi connectivity index (χ1n) is 11.0. The summed E-state index contributed by atoms with van der Waals surface area (Å²) in [5.41, 5.74) is 3.18. The van der Waals surface area contributed by atoms with E-state index in [-0.39, 0.29) is 12.0 Å². The number of rotatable bonds is 5. The van der Waals surface area contributed by atoms with Gasteiger partial charge in [-0.15, -0.1) is 0 Å². The van der Waals surface area contributed by atoms with E-state index in [1.54, 1.807) is 31.2 Å². The van der Waals surface area contributed by atoms with Crippen molar-refractivity contribution in [2.45, 2.75) is 26.9 Å². The van der Waals surface area contributed by atoms with Crippen molar-refractivity contribution in [1.82, 2.24) is 0 Å². The molecule has 0 N–H and O–H groups in total. The average Bonchev–Trinajstić information content (AvgIpc) is 2.83. The fraction of sp³-hybridized carbons (Fsp3) is 0.222. The van der Waals surface area contributed by atoms with Crippen molar-refractivity contribution >= 4 is 34.2 Å². The van der Waals surface area contributed by atoms with Gasteiger partial charge in [0.05, 0.1) is 10.9 Å². The summed E-state index contributed by atoms with van der Waals surface area (Å²) >= 11 is 12.6. The predicted molar refractivity (Wildman–Crippen MR) is 134 cm³/mol. The second kappa shape index (κ2) is 9.24. The third-order valence-electron chi connectivity index (χ3n) is 5.89. The van der Waals surface area contributed by atoms with Crippen LogP contribution in [-0.2, 0) is 13.0 Å².